The van der Waals surface area contributed by atoms with Crippen LogP contribution in [-0.4, -0.2) is 19.4 Å². The molecule has 1 aromatic rings. The van der Waals surface area contributed by atoms with Gasteiger partial charge in [0.1, 0.15) is 0 Å². The maximum absolute atomic E-state index is 13.5. The molecule has 20 heavy (non-hydrogen) atoms. The average Bonchev–Trinajstić information content (AvgIpc) is 2.36. The molecule has 0 aliphatic heterocycles. The second kappa shape index (κ2) is 6.58. The Labute approximate surface area is 113 Å². The van der Waals surface area contributed by atoms with Gasteiger partial charge < -0.3 is 9.47 Å². The number of rotatable bonds is 5. The molecular formula is C13H14F4O3. The minimum Gasteiger partial charge on any atom is -0.469 e. The summed E-state index contributed by atoms with van der Waals surface area (Å²) in [6.07, 6.45) is -4.28. The van der Waals surface area contributed by atoms with Gasteiger partial charge in [-0.2, -0.15) is 0 Å². The summed E-state index contributed by atoms with van der Waals surface area (Å²) in [5, 5.41) is 0. The lowest BCUT2D eigenvalue weighted by molar-refractivity contribution is -0.275. The molecule has 0 radical (unpaired) electrons. The zero-order chi connectivity index (χ0) is 15.3. The molecule has 7 heteroatoms. The fraction of sp³-hybridized carbons (Fsp3) is 0.462. The first-order valence-electron chi connectivity index (χ1n) is 5.88. The van der Waals surface area contributed by atoms with Crippen molar-refractivity contribution in [3.05, 3.63) is 29.6 Å². The predicted octanol–water partition coefficient (Wildman–Crippen LogP) is 3.47. The lowest BCUT2D eigenvalue weighted by atomic mass is 9.97. The van der Waals surface area contributed by atoms with E-state index in [0.29, 0.717) is 12.0 Å². The van der Waals surface area contributed by atoms with Crippen molar-refractivity contribution in [2.24, 2.45) is 5.92 Å². The van der Waals surface area contributed by atoms with Gasteiger partial charge in [-0.25, -0.2) is 4.39 Å². The fourth-order valence-electron chi connectivity index (χ4n) is 1.72. The Bertz CT molecular complexity index is 471. The minimum absolute atomic E-state index is 0.187. The molecule has 0 heterocycles. The molecule has 0 amide bonds. The van der Waals surface area contributed by atoms with Crippen molar-refractivity contribution >= 4 is 5.97 Å². The highest BCUT2D eigenvalue weighted by atomic mass is 19.4. The summed E-state index contributed by atoms with van der Waals surface area (Å²) in [6.45, 7) is 1.76. The molecular weight excluding hydrogens is 280 g/mol. The predicted molar refractivity (Wildman–Crippen MR) is 62.6 cm³/mol. The van der Waals surface area contributed by atoms with Crippen LogP contribution in [-0.2, 0) is 16.0 Å². The van der Waals surface area contributed by atoms with Gasteiger partial charge in [-0.3, -0.25) is 4.79 Å². The third-order valence-electron chi connectivity index (χ3n) is 2.73. The average molecular weight is 294 g/mol. The second-order valence-corrected chi connectivity index (χ2v) is 4.15. The van der Waals surface area contributed by atoms with Crippen LogP contribution >= 0.6 is 0 Å². The maximum Gasteiger partial charge on any atom is 0.573 e. The van der Waals surface area contributed by atoms with Gasteiger partial charge in [0.15, 0.2) is 11.6 Å². The highest BCUT2D eigenvalue weighted by molar-refractivity contribution is 5.72. The number of esters is 1. The maximum atomic E-state index is 13.5. The first-order chi connectivity index (χ1) is 9.26. The zero-order valence-electron chi connectivity index (χ0n) is 11.0. The van der Waals surface area contributed by atoms with Crippen molar-refractivity contribution in [1.82, 2.24) is 0 Å². The zero-order valence-corrected chi connectivity index (χ0v) is 11.0. The molecule has 0 saturated carbocycles. The molecule has 0 aromatic heterocycles. The Morgan fingerprint density at radius 1 is 1.35 bits per heavy atom. The van der Waals surface area contributed by atoms with Crippen LogP contribution in [0.15, 0.2) is 18.2 Å². The molecule has 1 unspecified atom stereocenters. The molecule has 3 nitrogen and oxygen atoms in total. The number of ether oxygens (including phenoxy) is 2. The topological polar surface area (TPSA) is 35.5 Å². The summed E-state index contributed by atoms with van der Waals surface area (Å²) in [4.78, 5) is 11.4. The molecule has 0 aliphatic rings. The lowest BCUT2D eigenvalue weighted by Crippen LogP contribution is -2.19. The standard InChI is InChI=1S/C13H14F4O3/c1-3-9(12(18)19-2)6-8-4-5-11(10(14)7-8)20-13(15,16)17/h4-5,7,9H,3,6H2,1-2H3. The molecule has 0 aliphatic carbocycles. The summed E-state index contributed by atoms with van der Waals surface area (Å²) in [6, 6.07) is 3.10. The Morgan fingerprint density at radius 3 is 2.45 bits per heavy atom. The second-order valence-electron chi connectivity index (χ2n) is 4.15. The number of alkyl halides is 3. The highest BCUT2D eigenvalue weighted by Gasteiger charge is 2.32. The van der Waals surface area contributed by atoms with Crippen LogP contribution in [0.1, 0.15) is 18.9 Å². The van der Waals surface area contributed by atoms with E-state index < -0.39 is 29.8 Å². The molecule has 1 atom stereocenters. The number of benzene rings is 1. The van der Waals surface area contributed by atoms with E-state index in [1.165, 1.54) is 13.2 Å². The third kappa shape index (κ3) is 4.71. The SMILES string of the molecule is CCC(Cc1ccc(OC(F)(F)F)c(F)c1)C(=O)OC. The first kappa shape index (κ1) is 16.3. The number of methoxy groups -OCH3 is 1. The van der Waals surface area contributed by atoms with E-state index in [1.807, 2.05) is 0 Å². The van der Waals surface area contributed by atoms with Crippen LogP contribution in [0.4, 0.5) is 17.6 Å². The number of hydrogen-bond acceptors (Lipinski definition) is 3. The van der Waals surface area contributed by atoms with E-state index in [0.717, 1.165) is 12.1 Å². The van der Waals surface area contributed by atoms with Crippen molar-refractivity contribution in [3.63, 3.8) is 0 Å². The lowest BCUT2D eigenvalue weighted by Gasteiger charge is -2.14. The van der Waals surface area contributed by atoms with Crippen LogP contribution in [0.5, 0.6) is 5.75 Å². The van der Waals surface area contributed by atoms with Crippen molar-refractivity contribution in [1.29, 1.82) is 0 Å². The van der Waals surface area contributed by atoms with Crippen molar-refractivity contribution < 1.29 is 31.8 Å². The van der Waals surface area contributed by atoms with E-state index in [1.54, 1.807) is 6.92 Å². The number of hydrogen-bond donors (Lipinski definition) is 0. The molecule has 1 rings (SSSR count). The molecule has 112 valence electrons. The van der Waals surface area contributed by atoms with Gasteiger partial charge in [0.05, 0.1) is 13.0 Å². The largest absolute Gasteiger partial charge is 0.573 e. The summed E-state index contributed by atoms with van der Waals surface area (Å²) in [5.74, 6) is -2.93. The Balaban J connectivity index is 2.84. The summed E-state index contributed by atoms with van der Waals surface area (Å²) >= 11 is 0. The molecule has 0 N–H and O–H groups in total. The van der Waals surface area contributed by atoms with Crippen LogP contribution in [0.3, 0.4) is 0 Å². The van der Waals surface area contributed by atoms with Crippen molar-refractivity contribution in [2.75, 3.05) is 7.11 Å². The van der Waals surface area contributed by atoms with E-state index in [-0.39, 0.29) is 6.42 Å². The monoisotopic (exact) mass is 294 g/mol. The van der Waals surface area contributed by atoms with Crippen LogP contribution in [0, 0.1) is 11.7 Å². The highest BCUT2D eigenvalue weighted by Crippen LogP contribution is 2.27. The molecule has 0 saturated heterocycles. The number of carbonyl (C=O) groups excluding carboxylic acids is 1. The van der Waals surface area contributed by atoms with E-state index in [4.69, 9.17) is 0 Å². The fourth-order valence-corrected chi connectivity index (χ4v) is 1.72. The van der Waals surface area contributed by atoms with Gasteiger partial charge in [-0.15, -0.1) is 13.2 Å². The summed E-state index contributed by atoms with van der Waals surface area (Å²) < 4.78 is 57.6. The summed E-state index contributed by atoms with van der Waals surface area (Å²) in [5.41, 5.74) is 0.397. The quantitative estimate of drug-likeness (QED) is 0.616. The number of carbonyl (C=O) groups is 1. The Kier molecular flexibility index (Phi) is 5.35. The van der Waals surface area contributed by atoms with Crippen LogP contribution in [0.25, 0.3) is 0 Å². The van der Waals surface area contributed by atoms with Gasteiger partial charge in [-0.05, 0) is 30.5 Å². The van der Waals surface area contributed by atoms with Crippen molar-refractivity contribution in [3.8, 4) is 5.75 Å². The van der Waals surface area contributed by atoms with E-state index >= 15 is 0 Å². The van der Waals surface area contributed by atoms with E-state index in [2.05, 4.69) is 9.47 Å². The van der Waals surface area contributed by atoms with Crippen molar-refractivity contribution in [2.45, 2.75) is 26.1 Å². The normalized spacial score (nSPS) is 12.9. The molecule has 0 bridgehead atoms. The first-order valence-corrected chi connectivity index (χ1v) is 5.88. The Hall–Kier alpha value is -1.79. The van der Waals surface area contributed by atoms with Crippen LogP contribution < -0.4 is 4.74 Å². The van der Waals surface area contributed by atoms with Gasteiger partial charge in [0, 0.05) is 0 Å². The smallest absolute Gasteiger partial charge is 0.469 e. The van der Waals surface area contributed by atoms with Gasteiger partial charge in [0.2, 0.25) is 0 Å². The Morgan fingerprint density at radius 2 is 2.00 bits per heavy atom. The third-order valence-corrected chi connectivity index (χ3v) is 2.73. The van der Waals surface area contributed by atoms with Gasteiger partial charge in [0.25, 0.3) is 0 Å². The molecule has 0 spiro atoms. The van der Waals surface area contributed by atoms with Gasteiger partial charge >= 0.3 is 12.3 Å². The molecule has 0 fully saturated rings. The number of halogens is 4. The van der Waals surface area contributed by atoms with Crippen LogP contribution in [0.2, 0.25) is 0 Å². The van der Waals surface area contributed by atoms with E-state index in [9.17, 15) is 22.4 Å². The minimum atomic E-state index is -4.94. The molecule has 1 aromatic carbocycles. The van der Waals surface area contributed by atoms with Gasteiger partial charge in [-0.1, -0.05) is 13.0 Å². The summed E-state index contributed by atoms with van der Waals surface area (Å²) in [7, 11) is 1.24.